The minimum absolute atomic E-state index is 0.381. The SMILES string of the molecule is CC(N)C1CCC2C3CC=C4CCCCC4(C)C3CCC12C. The summed E-state index contributed by atoms with van der Waals surface area (Å²) in [7, 11) is 0. The van der Waals surface area contributed by atoms with Crippen LogP contribution in [0.15, 0.2) is 11.6 Å². The maximum absolute atomic E-state index is 6.38. The van der Waals surface area contributed by atoms with Crippen LogP contribution in [0.5, 0.6) is 0 Å². The molecular weight excluding hydrogens is 266 g/mol. The van der Waals surface area contributed by atoms with Crippen molar-refractivity contribution in [1.82, 2.24) is 0 Å². The van der Waals surface area contributed by atoms with Crippen molar-refractivity contribution in [3.63, 3.8) is 0 Å². The third kappa shape index (κ3) is 1.93. The quantitative estimate of drug-likeness (QED) is 0.653. The lowest BCUT2D eigenvalue weighted by Gasteiger charge is -2.58. The van der Waals surface area contributed by atoms with Crippen LogP contribution in [0.2, 0.25) is 0 Å². The Morgan fingerprint density at radius 1 is 1.09 bits per heavy atom. The van der Waals surface area contributed by atoms with Gasteiger partial charge in [-0.15, -0.1) is 0 Å². The van der Waals surface area contributed by atoms with E-state index in [2.05, 4.69) is 26.8 Å². The molecule has 2 N–H and O–H groups in total. The zero-order chi connectivity index (χ0) is 15.5. The van der Waals surface area contributed by atoms with Gasteiger partial charge in [0.2, 0.25) is 0 Å². The second kappa shape index (κ2) is 5.10. The molecule has 0 spiro atoms. The fourth-order valence-electron chi connectivity index (χ4n) is 7.60. The normalized spacial score (nSPS) is 52.3. The summed E-state index contributed by atoms with van der Waals surface area (Å²) in [4.78, 5) is 0. The predicted octanol–water partition coefficient (Wildman–Crippen LogP) is 5.30. The van der Waals surface area contributed by atoms with Crippen molar-refractivity contribution in [1.29, 1.82) is 0 Å². The molecule has 0 heterocycles. The molecule has 1 heteroatoms. The summed E-state index contributed by atoms with van der Waals surface area (Å²) in [6, 6.07) is 0.381. The molecule has 0 amide bonds. The number of hydrogen-bond acceptors (Lipinski definition) is 1. The lowest BCUT2D eigenvalue weighted by Crippen LogP contribution is -2.51. The van der Waals surface area contributed by atoms with Crippen LogP contribution in [0.1, 0.15) is 78.6 Å². The van der Waals surface area contributed by atoms with Gasteiger partial charge < -0.3 is 5.73 Å². The van der Waals surface area contributed by atoms with E-state index in [1.165, 1.54) is 57.8 Å². The molecule has 4 aliphatic carbocycles. The standard InChI is InChI=1S/C21H35N/c1-14(22)17-9-10-18-16-8-7-15-6-4-5-12-20(15,2)19(16)11-13-21(17,18)3/h7,14,16-19H,4-6,8-13,22H2,1-3H3. The van der Waals surface area contributed by atoms with Crippen molar-refractivity contribution in [2.75, 3.05) is 0 Å². The average molecular weight is 302 g/mol. The summed E-state index contributed by atoms with van der Waals surface area (Å²) in [5.74, 6) is 3.63. The minimum Gasteiger partial charge on any atom is -0.328 e. The molecule has 0 aromatic carbocycles. The van der Waals surface area contributed by atoms with Gasteiger partial charge in [0.1, 0.15) is 0 Å². The first-order chi connectivity index (χ1) is 10.5. The first kappa shape index (κ1) is 15.2. The van der Waals surface area contributed by atoms with Crippen LogP contribution < -0.4 is 5.73 Å². The van der Waals surface area contributed by atoms with Gasteiger partial charge in [-0.1, -0.05) is 31.9 Å². The van der Waals surface area contributed by atoms with Gasteiger partial charge in [0, 0.05) is 6.04 Å². The summed E-state index contributed by atoms with van der Waals surface area (Å²) in [5.41, 5.74) is 9.30. The second-order valence-electron chi connectivity index (χ2n) is 9.55. The number of nitrogens with two attached hydrogens (primary N) is 1. The van der Waals surface area contributed by atoms with Gasteiger partial charge in [0.25, 0.3) is 0 Å². The molecule has 0 radical (unpaired) electrons. The molecule has 1 nitrogen and oxygen atoms in total. The third-order valence-corrected chi connectivity index (χ3v) is 8.73. The highest BCUT2D eigenvalue weighted by atomic mass is 14.7. The van der Waals surface area contributed by atoms with Crippen molar-refractivity contribution in [3.8, 4) is 0 Å². The van der Waals surface area contributed by atoms with E-state index in [4.69, 9.17) is 5.73 Å². The fraction of sp³-hybridized carbons (Fsp3) is 0.905. The Kier molecular flexibility index (Phi) is 3.53. The highest BCUT2D eigenvalue weighted by molar-refractivity contribution is 5.24. The van der Waals surface area contributed by atoms with E-state index < -0.39 is 0 Å². The Hall–Kier alpha value is -0.300. The Morgan fingerprint density at radius 3 is 2.68 bits per heavy atom. The van der Waals surface area contributed by atoms with E-state index in [0.29, 0.717) is 16.9 Å². The summed E-state index contributed by atoms with van der Waals surface area (Å²) >= 11 is 0. The molecule has 0 aromatic rings. The highest BCUT2D eigenvalue weighted by Crippen LogP contribution is 2.66. The largest absolute Gasteiger partial charge is 0.328 e. The summed E-state index contributed by atoms with van der Waals surface area (Å²) in [6.07, 6.45) is 15.5. The van der Waals surface area contributed by atoms with E-state index in [1.807, 2.05) is 5.57 Å². The van der Waals surface area contributed by atoms with Gasteiger partial charge in [0.15, 0.2) is 0 Å². The molecule has 0 bridgehead atoms. The van der Waals surface area contributed by atoms with Gasteiger partial charge in [-0.25, -0.2) is 0 Å². The highest BCUT2D eigenvalue weighted by Gasteiger charge is 2.58. The second-order valence-corrected chi connectivity index (χ2v) is 9.55. The molecular formula is C21H35N. The van der Waals surface area contributed by atoms with E-state index in [-0.39, 0.29) is 0 Å². The smallest absolute Gasteiger partial charge is 0.00440 e. The van der Waals surface area contributed by atoms with Crippen LogP contribution >= 0.6 is 0 Å². The van der Waals surface area contributed by atoms with E-state index >= 15 is 0 Å². The number of rotatable bonds is 1. The lowest BCUT2D eigenvalue weighted by molar-refractivity contribution is -0.0438. The Labute approximate surface area is 137 Å². The fourth-order valence-corrected chi connectivity index (χ4v) is 7.60. The molecule has 0 aromatic heterocycles. The zero-order valence-electron chi connectivity index (χ0n) is 14.9. The first-order valence-corrected chi connectivity index (χ1v) is 9.92. The Bertz CT molecular complexity index is 478. The van der Waals surface area contributed by atoms with Crippen LogP contribution in [0.4, 0.5) is 0 Å². The molecule has 4 aliphatic rings. The lowest BCUT2D eigenvalue weighted by atomic mass is 9.47. The van der Waals surface area contributed by atoms with Crippen LogP contribution in [0, 0.1) is 34.5 Å². The maximum Gasteiger partial charge on any atom is 0.00440 e. The number of hydrogen-bond donors (Lipinski definition) is 1. The summed E-state index contributed by atoms with van der Waals surface area (Å²) < 4.78 is 0. The molecule has 3 saturated carbocycles. The van der Waals surface area contributed by atoms with Crippen molar-refractivity contribution < 1.29 is 0 Å². The Balaban J connectivity index is 1.66. The average Bonchev–Trinajstić information content (AvgIpc) is 2.84. The van der Waals surface area contributed by atoms with Gasteiger partial charge in [-0.05, 0) is 92.8 Å². The van der Waals surface area contributed by atoms with Gasteiger partial charge >= 0.3 is 0 Å². The molecule has 22 heavy (non-hydrogen) atoms. The van der Waals surface area contributed by atoms with Gasteiger partial charge in [-0.2, -0.15) is 0 Å². The van der Waals surface area contributed by atoms with E-state index in [0.717, 1.165) is 23.7 Å². The van der Waals surface area contributed by atoms with E-state index in [9.17, 15) is 0 Å². The Morgan fingerprint density at radius 2 is 1.91 bits per heavy atom. The first-order valence-electron chi connectivity index (χ1n) is 9.92. The van der Waals surface area contributed by atoms with E-state index in [1.54, 1.807) is 0 Å². The summed E-state index contributed by atoms with van der Waals surface area (Å²) in [5, 5.41) is 0. The predicted molar refractivity (Wildman–Crippen MR) is 93.5 cm³/mol. The third-order valence-electron chi connectivity index (χ3n) is 8.73. The molecule has 3 fully saturated rings. The van der Waals surface area contributed by atoms with Crippen molar-refractivity contribution >= 4 is 0 Å². The number of allylic oxidation sites excluding steroid dienone is 2. The maximum atomic E-state index is 6.38. The van der Waals surface area contributed by atoms with Crippen molar-refractivity contribution in [3.05, 3.63) is 11.6 Å². The van der Waals surface area contributed by atoms with Crippen LogP contribution in [-0.2, 0) is 0 Å². The number of fused-ring (bicyclic) bond motifs is 5. The molecule has 4 rings (SSSR count). The molecule has 7 unspecified atom stereocenters. The van der Waals surface area contributed by atoms with Crippen molar-refractivity contribution in [2.45, 2.75) is 84.6 Å². The summed E-state index contributed by atoms with van der Waals surface area (Å²) in [6.45, 7) is 7.47. The zero-order valence-corrected chi connectivity index (χ0v) is 14.9. The van der Waals surface area contributed by atoms with Crippen LogP contribution in [0.25, 0.3) is 0 Å². The molecule has 0 aliphatic heterocycles. The molecule has 7 atom stereocenters. The van der Waals surface area contributed by atoms with Gasteiger partial charge in [0.05, 0.1) is 0 Å². The van der Waals surface area contributed by atoms with Crippen LogP contribution in [-0.4, -0.2) is 6.04 Å². The van der Waals surface area contributed by atoms with Gasteiger partial charge in [-0.3, -0.25) is 0 Å². The monoisotopic (exact) mass is 301 g/mol. The topological polar surface area (TPSA) is 26.0 Å². The van der Waals surface area contributed by atoms with Crippen molar-refractivity contribution in [2.24, 2.45) is 40.2 Å². The molecule has 124 valence electrons. The molecule has 0 saturated heterocycles. The van der Waals surface area contributed by atoms with Crippen LogP contribution in [0.3, 0.4) is 0 Å². The minimum atomic E-state index is 0.381.